The molecule has 0 aliphatic carbocycles. The fourth-order valence-electron chi connectivity index (χ4n) is 3.78. The van der Waals surface area contributed by atoms with Crippen molar-refractivity contribution in [2.24, 2.45) is 0 Å². The number of carbonyl (C=O) groups is 1. The average Bonchev–Trinajstić information content (AvgIpc) is 2.87. The first-order valence-corrected chi connectivity index (χ1v) is 12.7. The van der Waals surface area contributed by atoms with E-state index < -0.39 is 0 Å². The Morgan fingerprint density at radius 2 is 1.59 bits per heavy atom. The summed E-state index contributed by atoms with van der Waals surface area (Å²) in [5, 5.41) is 4.04. The summed E-state index contributed by atoms with van der Waals surface area (Å²) < 4.78 is 1.98. The van der Waals surface area contributed by atoms with Gasteiger partial charge in [0.2, 0.25) is 5.91 Å². The van der Waals surface area contributed by atoms with Crippen molar-refractivity contribution in [3.05, 3.63) is 77.0 Å². The van der Waals surface area contributed by atoms with E-state index in [0.29, 0.717) is 23.0 Å². The molecule has 0 spiro atoms. The van der Waals surface area contributed by atoms with Crippen LogP contribution >= 0.6 is 35.1 Å². The Hall–Kier alpha value is -2.45. The van der Waals surface area contributed by atoms with E-state index in [4.69, 9.17) is 23.2 Å². The van der Waals surface area contributed by atoms with Crippen LogP contribution in [0.3, 0.4) is 0 Å². The van der Waals surface area contributed by atoms with Crippen LogP contribution in [0.25, 0.3) is 0 Å². The van der Waals surface area contributed by atoms with Crippen molar-refractivity contribution in [3.63, 3.8) is 0 Å². The van der Waals surface area contributed by atoms with Gasteiger partial charge in [-0.3, -0.25) is 9.78 Å². The number of nitrogens with zero attached hydrogens (tertiary/aromatic N) is 4. The maximum Gasteiger partial charge on any atom is 0.225 e. The predicted octanol–water partition coefficient (Wildman–Crippen LogP) is 5.68. The second-order valence-corrected chi connectivity index (χ2v) is 10.1. The van der Waals surface area contributed by atoms with Gasteiger partial charge in [0, 0.05) is 73.5 Å². The summed E-state index contributed by atoms with van der Waals surface area (Å²) in [7, 11) is 1.93. The van der Waals surface area contributed by atoms with Gasteiger partial charge in [-0.2, -0.15) is 0 Å². The molecule has 0 radical (unpaired) electrons. The molecule has 4 rings (SSSR count). The third-order valence-electron chi connectivity index (χ3n) is 5.65. The number of benzene rings is 2. The molecule has 1 aromatic heterocycles. The Labute approximate surface area is 215 Å². The summed E-state index contributed by atoms with van der Waals surface area (Å²) in [5.41, 5.74) is 3.19. The summed E-state index contributed by atoms with van der Waals surface area (Å²) in [6.07, 6.45) is 4.04. The molecule has 0 unspecified atom stereocenters. The van der Waals surface area contributed by atoms with Crippen molar-refractivity contribution >= 4 is 58.1 Å². The molecule has 1 aliphatic heterocycles. The highest BCUT2D eigenvalue weighted by atomic mass is 35.5. The molecule has 1 N–H and O–H groups in total. The van der Waals surface area contributed by atoms with Crippen molar-refractivity contribution in [2.45, 2.75) is 11.3 Å². The Bertz CT molecular complexity index is 1090. The number of piperazine rings is 1. The number of hydrogen-bond donors (Lipinski definition) is 1. The minimum absolute atomic E-state index is 0.0247. The normalized spacial score (nSPS) is 13.9. The van der Waals surface area contributed by atoms with E-state index in [1.807, 2.05) is 48.0 Å². The lowest BCUT2D eigenvalue weighted by Crippen LogP contribution is -2.46. The number of halogens is 2. The highest BCUT2D eigenvalue weighted by molar-refractivity contribution is 7.97. The molecule has 1 fully saturated rings. The fourth-order valence-corrected chi connectivity index (χ4v) is 5.09. The first kappa shape index (κ1) is 24.7. The fraction of sp³-hybridized carbons (Fsp3) is 0.280. The van der Waals surface area contributed by atoms with E-state index in [9.17, 15) is 4.79 Å². The molecule has 0 atom stereocenters. The Balaban J connectivity index is 1.22. The first-order valence-electron chi connectivity index (χ1n) is 11.1. The van der Waals surface area contributed by atoms with Crippen LogP contribution in [0.1, 0.15) is 6.42 Å². The number of rotatable bonds is 8. The van der Waals surface area contributed by atoms with Crippen LogP contribution in [0.5, 0.6) is 0 Å². The molecule has 1 amide bonds. The molecule has 6 nitrogen and oxygen atoms in total. The lowest BCUT2D eigenvalue weighted by atomic mass is 10.2. The molecule has 0 bridgehead atoms. The topological polar surface area (TPSA) is 51.7 Å². The summed E-state index contributed by atoms with van der Waals surface area (Å²) in [6.45, 7) is 4.42. The van der Waals surface area contributed by atoms with E-state index in [-0.39, 0.29) is 5.91 Å². The molecular weight excluding hydrogens is 489 g/mol. The van der Waals surface area contributed by atoms with Crippen LogP contribution in [-0.4, -0.2) is 55.0 Å². The highest BCUT2D eigenvalue weighted by Crippen LogP contribution is 2.34. The van der Waals surface area contributed by atoms with Gasteiger partial charge in [-0.25, -0.2) is 4.31 Å². The number of amides is 1. The molecular formula is C25H27Cl2N5OS. The van der Waals surface area contributed by atoms with Crippen LogP contribution in [0.15, 0.2) is 71.9 Å². The summed E-state index contributed by atoms with van der Waals surface area (Å²) in [4.78, 5) is 22.1. The molecule has 178 valence electrons. The molecule has 2 aromatic carbocycles. The maximum absolute atomic E-state index is 12.4. The average molecular weight is 516 g/mol. The zero-order valence-corrected chi connectivity index (χ0v) is 21.3. The van der Waals surface area contributed by atoms with Crippen LogP contribution in [0, 0.1) is 0 Å². The van der Waals surface area contributed by atoms with E-state index in [2.05, 4.69) is 44.4 Å². The Kier molecular flexibility index (Phi) is 8.56. The van der Waals surface area contributed by atoms with Gasteiger partial charge in [0.15, 0.2) is 0 Å². The molecule has 2 heterocycles. The maximum atomic E-state index is 12.4. The number of hydrogen-bond acceptors (Lipinski definition) is 6. The van der Waals surface area contributed by atoms with E-state index in [0.717, 1.165) is 36.8 Å². The zero-order chi connectivity index (χ0) is 23.9. The zero-order valence-electron chi connectivity index (χ0n) is 19.0. The van der Waals surface area contributed by atoms with E-state index >= 15 is 0 Å². The minimum Gasteiger partial charge on any atom is -0.368 e. The third kappa shape index (κ3) is 6.57. The van der Waals surface area contributed by atoms with Crippen molar-refractivity contribution in [3.8, 4) is 0 Å². The number of anilines is 3. The lowest BCUT2D eigenvalue weighted by Gasteiger charge is -2.37. The number of carbonyl (C=O) groups excluding carboxylic acids is 1. The van der Waals surface area contributed by atoms with Crippen LogP contribution < -0.4 is 15.1 Å². The van der Waals surface area contributed by atoms with Crippen LogP contribution in [0.2, 0.25) is 10.0 Å². The standard InChI is InChI=1S/C25H27Cl2N5OS/c1-30(34-23-4-2-3-22(26)25(23)27)14-11-24(33)29-19-5-7-20(8-6-19)31-15-17-32(18-16-31)21-9-12-28-13-10-21/h2-10,12-13H,11,14-18H2,1H3,(H,29,33). The minimum atomic E-state index is -0.0247. The number of nitrogens with one attached hydrogen (secondary N) is 1. The monoisotopic (exact) mass is 515 g/mol. The lowest BCUT2D eigenvalue weighted by molar-refractivity contribution is -0.116. The van der Waals surface area contributed by atoms with E-state index in [1.54, 1.807) is 6.07 Å². The first-order chi connectivity index (χ1) is 16.5. The predicted molar refractivity (Wildman–Crippen MR) is 143 cm³/mol. The quantitative estimate of drug-likeness (QED) is 0.389. The number of pyridine rings is 1. The molecule has 0 saturated carbocycles. The molecule has 1 saturated heterocycles. The van der Waals surface area contributed by atoms with Crippen molar-refractivity contribution in [2.75, 3.05) is 54.9 Å². The van der Waals surface area contributed by atoms with Crippen molar-refractivity contribution in [1.29, 1.82) is 0 Å². The molecule has 1 aliphatic rings. The van der Waals surface area contributed by atoms with Gasteiger partial charge in [0.25, 0.3) is 0 Å². The molecule has 9 heteroatoms. The van der Waals surface area contributed by atoms with E-state index in [1.165, 1.54) is 23.3 Å². The Morgan fingerprint density at radius 3 is 2.24 bits per heavy atom. The van der Waals surface area contributed by atoms with Gasteiger partial charge in [-0.1, -0.05) is 29.3 Å². The summed E-state index contributed by atoms with van der Waals surface area (Å²) in [6, 6.07) is 17.7. The number of aromatic nitrogens is 1. The van der Waals surface area contributed by atoms with Gasteiger partial charge in [0.05, 0.1) is 10.0 Å². The molecule has 3 aromatic rings. The van der Waals surface area contributed by atoms with Crippen LogP contribution in [-0.2, 0) is 4.79 Å². The summed E-state index contributed by atoms with van der Waals surface area (Å²) >= 11 is 13.8. The largest absolute Gasteiger partial charge is 0.368 e. The molecule has 34 heavy (non-hydrogen) atoms. The Morgan fingerprint density at radius 1 is 0.971 bits per heavy atom. The van der Waals surface area contributed by atoms with Gasteiger partial charge >= 0.3 is 0 Å². The SMILES string of the molecule is CN(CCC(=O)Nc1ccc(N2CCN(c3ccncc3)CC2)cc1)Sc1cccc(Cl)c1Cl. The van der Waals surface area contributed by atoms with Gasteiger partial charge < -0.3 is 15.1 Å². The van der Waals surface area contributed by atoms with Gasteiger partial charge in [0.1, 0.15) is 0 Å². The van der Waals surface area contributed by atoms with Crippen LogP contribution in [0.4, 0.5) is 17.1 Å². The second-order valence-electron chi connectivity index (χ2n) is 8.02. The summed E-state index contributed by atoms with van der Waals surface area (Å²) in [5.74, 6) is -0.0247. The third-order valence-corrected chi connectivity index (χ3v) is 7.61. The second kappa shape index (κ2) is 11.8. The van der Waals surface area contributed by atoms with Gasteiger partial charge in [-0.15, -0.1) is 0 Å². The van der Waals surface area contributed by atoms with Crippen molar-refractivity contribution in [1.82, 2.24) is 9.29 Å². The highest BCUT2D eigenvalue weighted by Gasteiger charge is 2.17. The van der Waals surface area contributed by atoms with Gasteiger partial charge in [-0.05, 0) is 67.5 Å². The smallest absolute Gasteiger partial charge is 0.225 e. The van der Waals surface area contributed by atoms with Crippen molar-refractivity contribution < 1.29 is 4.79 Å².